The largest absolute Gasteiger partial charge is 0.469 e. The summed E-state index contributed by atoms with van der Waals surface area (Å²) in [7, 11) is 2.48. The molecule has 1 aromatic rings. The van der Waals surface area contributed by atoms with Crippen molar-refractivity contribution in [1.82, 2.24) is 5.32 Å². The van der Waals surface area contributed by atoms with Crippen LogP contribution in [-0.2, 0) is 34.1 Å². The van der Waals surface area contributed by atoms with Gasteiger partial charge in [0.15, 0.2) is 5.54 Å². The van der Waals surface area contributed by atoms with E-state index in [1.807, 2.05) is 0 Å². The van der Waals surface area contributed by atoms with Crippen LogP contribution >= 0.6 is 0 Å². The van der Waals surface area contributed by atoms with Crippen LogP contribution in [-0.4, -0.2) is 44.8 Å². The fourth-order valence-electron chi connectivity index (χ4n) is 3.13. The molecule has 0 radical (unpaired) electrons. The molecule has 0 saturated carbocycles. The summed E-state index contributed by atoms with van der Waals surface area (Å²) in [6.07, 6.45) is 0.0789. The highest BCUT2D eigenvalue weighted by atomic mass is 16.5. The van der Waals surface area contributed by atoms with Gasteiger partial charge in [0, 0.05) is 0 Å². The van der Waals surface area contributed by atoms with E-state index in [2.05, 4.69) is 5.32 Å². The number of rotatable bonds is 5. The summed E-state index contributed by atoms with van der Waals surface area (Å²) >= 11 is 0. The van der Waals surface area contributed by atoms with Gasteiger partial charge in [-0.25, -0.2) is 4.79 Å². The Morgan fingerprint density at radius 2 is 1.79 bits per heavy atom. The van der Waals surface area contributed by atoms with Gasteiger partial charge < -0.3 is 14.2 Å². The van der Waals surface area contributed by atoms with E-state index in [-0.39, 0.29) is 13.0 Å². The van der Waals surface area contributed by atoms with Gasteiger partial charge >= 0.3 is 17.9 Å². The van der Waals surface area contributed by atoms with Crippen LogP contribution in [0.4, 0.5) is 0 Å². The molecule has 0 amide bonds. The van der Waals surface area contributed by atoms with Crippen LogP contribution in [0.25, 0.3) is 0 Å². The molecular weight excluding hydrogens is 314 g/mol. The number of carbonyl (C=O) groups is 3. The molecule has 7 nitrogen and oxygen atoms in total. The van der Waals surface area contributed by atoms with E-state index in [1.54, 1.807) is 37.3 Å². The topological polar surface area (TPSA) is 90.9 Å². The number of carbonyl (C=O) groups excluding carboxylic acids is 3. The fourth-order valence-corrected chi connectivity index (χ4v) is 3.13. The third kappa shape index (κ3) is 2.99. The SMILES string of the molecule is CCOC(=O)[C@H]1C[C@@H](C(=O)OC)[C@](C(=O)OC)(c2ccccc2)N1. The van der Waals surface area contributed by atoms with E-state index >= 15 is 0 Å². The first-order valence-electron chi connectivity index (χ1n) is 7.67. The average Bonchev–Trinajstić information content (AvgIpc) is 3.03. The quantitative estimate of drug-likeness (QED) is 0.628. The van der Waals surface area contributed by atoms with Crippen molar-refractivity contribution in [2.75, 3.05) is 20.8 Å². The molecule has 0 spiro atoms. The van der Waals surface area contributed by atoms with E-state index in [0.717, 1.165) is 0 Å². The molecule has 7 heteroatoms. The third-order valence-electron chi connectivity index (χ3n) is 4.19. The number of hydrogen-bond donors (Lipinski definition) is 1. The maximum Gasteiger partial charge on any atom is 0.331 e. The first kappa shape index (κ1) is 17.9. The van der Waals surface area contributed by atoms with Crippen molar-refractivity contribution >= 4 is 17.9 Å². The zero-order chi connectivity index (χ0) is 17.7. The lowest BCUT2D eigenvalue weighted by atomic mass is 9.79. The minimum Gasteiger partial charge on any atom is -0.469 e. The summed E-state index contributed by atoms with van der Waals surface area (Å²) in [5.41, 5.74) is -0.973. The highest BCUT2D eigenvalue weighted by molar-refractivity contribution is 5.93. The predicted molar refractivity (Wildman–Crippen MR) is 83.8 cm³/mol. The van der Waals surface area contributed by atoms with Crippen LogP contribution in [0, 0.1) is 5.92 Å². The van der Waals surface area contributed by atoms with Gasteiger partial charge in [0.1, 0.15) is 6.04 Å². The van der Waals surface area contributed by atoms with Crippen LogP contribution in [0.15, 0.2) is 30.3 Å². The predicted octanol–water partition coefficient (Wildman–Crippen LogP) is 0.769. The highest BCUT2D eigenvalue weighted by Crippen LogP contribution is 2.41. The average molecular weight is 335 g/mol. The molecule has 0 aromatic heterocycles. The van der Waals surface area contributed by atoms with Gasteiger partial charge in [-0.2, -0.15) is 0 Å². The van der Waals surface area contributed by atoms with Gasteiger partial charge in [0.05, 0.1) is 26.7 Å². The monoisotopic (exact) mass is 335 g/mol. The second-order valence-corrected chi connectivity index (χ2v) is 5.43. The van der Waals surface area contributed by atoms with E-state index < -0.39 is 35.4 Å². The smallest absolute Gasteiger partial charge is 0.331 e. The van der Waals surface area contributed by atoms with E-state index in [1.165, 1.54) is 14.2 Å². The summed E-state index contributed by atoms with van der Waals surface area (Å²) in [6.45, 7) is 1.89. The van der Waals surface area contributed by atoms with Crippen molar-refractivity contribution < 1.29 is 28.6 Å². The molecule has 1 N–H and O–H groups in total. The standard InChI is InChI=1S/C17H21NO6/c1-4-24-15(20)13-10-12(14(19)22-2)17(18-13,16(21)23-3)11-8-6-5-7-9-11/h5-9,12-13,18H,4,10H2,1-3H3/t12-,13+,17-/m0/s1. The van der Waals surface area contributed by atoms with Crippen LogP contribution < -0.4 is 5.32 Å². The minimum atomic E-state index is -1.50. The lowest BCUT2D eigenvalue weighted by molar-refractivity contribution is -0.159. The van der Waals surface area contributed by atoms with Crippen molar-refractivity contribution in [2.24, 2.45) is 5.92 Å². The van der Waals surface area contributed by atoms with Crippen molar-refractivity contribution in [3.05, 3.63) is 35.9 Å². The van der Waals surface area contributed by atoms with E-state index in [0.29, 0.717) is 5.56 Å². The second kappa shape index (κ2) is 7.44. The molecular formula is C17H21NO6. The summed E-state index contributed by atoms with van der Waals surface area (Å²) in [5.74, 6) is -2.68. The Morgan fingerprint density at radius 1 is 1.12 bits per heavy atom. The van der Waals surface area contributed by atoms with Crippen molar-refractivity contribution in [2.45, 2.75) is 24.9 Å². The Morgan fingerprint density at radius 3 is 2.33 bits per heavy atom. The van der Waals surface area contributed by atoms with Crippen molar-refractivity contribution in [3.8, 4) is 0 Å². The van der Waals surface area contributed by atoms with E-state index in [4.69, 9.17) is 14.2 Å². The molecule has 1 aromatic carbocycles. The number of benzene rings is 1. The van der Waals surface area contributed by atoms with Gasteiger partial charge in [-0.05, 0) is 18.9 Å². The molecule has 1 fully saturated rings. The Kier molecular flexibility index (Phi) is 5.56. The zero-order valence-electron chi connectivity index (χ0n) is 13.9. The molecule has 3 atom stereocenters. The maximum absolute atomic E-state index is 12.6. The second-order valence-electron chi connectivity index (χ2n) is 5.43. The Balaban J connectivity index is 2.53. The number of nitrogens with one attached hydrogen (secondary N) is 1. The fraction of sp³-hybridized carbons (Fsp3) is 0.471. The number of methoxy groups -OCH3 is 2. The molecule has 1 aliphatic rings. The molecule has 130 valence electrons. The van der Waals surface area contributed by atoms with Gasteiger partial charge in [0.2, 0.25) is 0 Å². The minimum absolute atomic E-state index is 0.0789. The lowest BCUT2D eigenvalue weighted by Gasteiger charge is -2.32. The molecule has 0 unspecified atom stereocenters. The molecule has 1 saturated heterocycles. The molecule has 2 rings (SSSR count). The van der Waals surface area contributed by atoms with Crippen LogP contribution in [0.3, 0.4) is 0 Å². The molecule has 1 aliphatic heterocycles. The number of hydrogen-bond acceptors (Lipinski definition) is 7. The van der Waals surface area contributed by atoms with Crippen LogP contribution in [0.5, 0.6) is 0 Å². The van der Waals surface area contributed by atoms with Crippen molar-refractivity contribution in [3.63, 3.8) is 0 Å². The maximum atomic E-state index is 12.6. The summed E-state index contributed by atoms with van der Waals surface area (Å²) < 4.78 is 14.8. The van der Waals surface area contributed by atoms with Crippen LogP contribution in [0.2, 0.25) is 0 Å². The molecule has 1 heterocycles. The number of esters is 3. The Labute approximate surface area is 140 Å². The van der Waals surface area contributed by atoms with Gasteiger partial charge in [-0.1, -0.05) is 30.3 Å². The highest BCUT2D eigenvalue weighted by Gasteiger charge is 2.59. The molecule has 0 aliphatic carbocycles. The van der Waals surface area contributed by atoms with Gasteiger partial charge in [0.25, 0.3) is 0 Å². The summed E-state index contributed by atoms with van der Waals surface area (Å²) in [5, 5.41) is 2.97. The molecule has 24 heavy (non-hydrogen) atoms. The Bertz CT molecular complexity index is 617. The zero-order valence-corrected chi connectivity index (χ0v) is 13.9. The molecule has 0 bridgehead atoms. The normalized spacial score (nSPS) is 25.8. The first-order valence-corrected chi connectivity index (χ1v) is 7.67. The van der Waals surface area contributed by atoms with Gasteiger partial charge in [-0.3, -0.25) is 14.9 Å². The van der Waals surface area contributed by atoms with E-state index in [9.17, 15) is 14.4 Å². The summed E-state index contributed by atoms with van der Waals surface area (Å²) in [6, 6.07) is 7.87. The first-order chi connectivity index (χ1) is 11.5. The lowest BCUT2D eigenvalue weighted by Crippen LogP contribution is -2.54. The number of ether oxygens (including phenoxy) is 3. The van der Waals surface area contributed by atoms with Crippen molar-refractivity contribution in [1.29, 1.82) is 0 Å². The Hall–Kier alpha value is -2.41. The van der Waals surface area contributed by atoms with Crippen LogP contribution in [0.1, 0.15) is 18.9 Å². The van der Waals surface area contributed by atoms with Gasteiger partial charge in [-0.15, -0.1) is 0 Å². The summed E-state index contributed by atoms with van der Waals surface area (Å²) in [4.78, 5) is 37.1. The third-order valence-corrected chi connectivity index (χ3v) is 4.19.